The molecule has 1 aliphatic heterocycles. The number of carboxylic acid groups (broad SMARTS) is 1. The number of hydrogen-bond donors (Lipinski definition) is 1. The molecule has 1 fully saturated rings. The molecule has 23 heavy (non-hydrogen) atoms. The summed E-state index contributed by atoms with van der Waals surface area (Å²) < 4.78 is 9.74. The molecule has 2 rings (SSSR count). The zero-order chi connectivity index (χ0) is 16.8. The Bertz CT molecular complexity index is 577. The van der Waals surface area contributed by atoms with Crippen molar-refractivity contribution in [3.05, 3.63) is 35.9 Å². The Labute approximate surface area is 133 Å². The zero-order valence-electron chi connectivity index (χ0n) is 12.7. The van der Waals surface area contributed by atoms with Gasteiger partial charge in [-0.3, -0.25) is 4.90 Å². The monoisotopic (exact) mass is 322 g/mol. The van der Waals surface area contributed by atoms with E-state index in [4.69, 9.17) is 4.74 Å². The van der Waals surface area contributed by atoms with Crippen molar-refractivity contribution in [3.63, 3.8) is 0 Å². The third-order valence-corrected chi connectivity index (χ3v) is 3.54. The minimum absolute atomic E-state index is 0.0735. The number of methoxy groups -OCH3 is 1. The fourth-order valence-corrected chi connectivity index (χ4v) is 2.31. The summed E-state index contributed by atoms with van der Waals surface area (Å²) in [5.41, 5.74) is 0.837. The topological polar surface area (TPSA) is 96.4 Å². The van der Waals surface area contributed by atoms with E-state index < -0.39 is 24.2 Å². The normalized spacial score (nSPS) is 17.5. The molecule has 0 radical (unpaired) electrons. The molecule has 0 saturated carbocycles. The average Bonchev–Trinajstić information content (AvgIpc) is 2.59. The number of piperazine rings is 1. The average molecular weight is 322 g/mol. The van der Waals surface area contributed by atoms with Crippen LogP contribution in [-0.2, 0) is 20.9 Å². The van der Waals surface area contributed by atoms with Gasteiger partial charge in [0.1, 0.15) is 6.61 Å². The Morgan fingerprint density at radius 2 is 1.87 bits per heavy atom. The van der Waals surface area contributed by atoms with Crippen LogP contribution in [-0.4, -0.2) is 65.8 Å². The zero-order valence-corrected chi connectivity index (χ0v) is 12.7. The lowest BCUT2D eigenvalue weighted by Gasteiger charge is -2.37. The molecule has 0 aromatic heterocycles. The quantitative estimate of drug-likeness (QED) is 0.897. The van der Waals surface area contributed by atoms with Gasteiger partial charge in [-0.15, -0.1) is 0 Å². The van der Waals surface area contributed by atoms with Crippen LogP contribution in [0, 0.1) is 0 Å². The van der Waals surface area contributed by atoms with Gasteiger partial charge >= 0.3 is 18.2 Å². The minimum Gasteiger partial charge on any atom is -0.480 e. The number of aliphatic carboxylic acids is 1. The fourth-order valence-electron chi connectivity index (χ4n) is 2.31. The van der Waals surface area contributed by atoms with Crippen LogP contribution in [0.1, 0.15) is 5.56 Å². The number of ether oxygens (including phenoxy) is 2. The van der Waals surface area contributed by atoms with Crippen molar-refractivity contribution in [1.29, 1.82) is 0 Å². The van der Waals surface area contributed by atoms with Crippen molar-refractivity contribution in [2.45, 2.75) is 12.6 Å². The van der Waals surface area contributed by atoms with Crippen LogP contribution in [0.3, 0.4) is 0 Å². The van der Waals surface area contributed by atoms with Gasteiger partial charge in [-0.2, -0.15) is 0 Å². The maximum Gasteiger partial charge on any atom is 0.410 e. The standard InChI is InChI=1S/C15H18N2O6/c1-22-15(21)17-8-7-16(9-12(17)13(18)19)14(20)23-10-11-5-3-2-4-6-11/h2-6,12H,7-10H2,1H3,(H,18,19). The molecule has 1 heterocycles. The van der Waals surface area contributed by atoms with Crippen molar-refractivity contribution in [2.75, 3.05) is 26.7 Å². The Hall–Kier alpha value is -2.77. The molecule has 2 amide bonds. The molecule has 8 nitrogen and oxygen atoms in total. The van der Waals surface area contributed by atoms with E-state index >= 15 is 0 Å². The van der Waals surface area contributed by atoms with Gasteiger partial charge in [0.05, 0.1) is 13.7 Å². The van der Waals surface area contributed by atoms with Crippen molar-refractivity contribution < 1.29 is 29.0 Å². The highest BCUT2D eigenvalue weighted by molar-refractivity contribution is 5.81. The number of rotatable bonds is 3. The van der Waals surface area contributed by atoms with Gasteiger partial charge < -0.3 is 19.5 Å². The second-order valence-electron chi connectivity index (χ2n) is 5.00. The van der Waals surface area contributed by atoms with E-state index in [1.165, 1.54) is 12.0 Å². The maximum absolute atomic E-state index is 12.1. The van der Waals surface area contributed by atoms with Gasteiger partial charge in [0.15, 0.2) is 6.04 Å². The third kappa shape index (κ3) is 4.12. The Morgan fingerprint density at radius 1 is 1.17 bits per heavy atom. The van der Waals surface area contributed by atoms with Gasteiger partial charge in [0.25, 0.3) is 0 Å². The lowest BCUT2D eigenvalue weighted by molar-refractivity contribution is -0.144. The molecule has 1 atom stereocenters. The molecular weight excluding hydrogens is 304 g/mol. The van der Waals surface area contributed by atoms with Crippen LogP contribution in [0.2, 0.25) is 0 Å². The summed E-state index contributed by atoms with van der Waals surface area (Å²) in [6.45, 7) is 0.225. The molecule has 1 aliphatic rings. The summed E-state index contributed by atoms with van der Waals surface area (Å²) in [5, 5.41) is 9.23. The maximum atomic E-state index is 12.1. The molecule has 0 aliphatic carbocycles. The number of carboxylic acids is 1. The van der Waals surface area contributed by atoms with Crippen molar-refractivity contribution in [2.24, 2.45) is 0 Å². The predicted molar refractivity (Wildman–Crippen MR) is 78.7 cm³/mol. The summed E-state index contributed by atoms with van der Waals surface area (Å²) in [7, 11) is 1.18. The van der Waals surface area contributed by atoms with Gasteiger partial charge in [-0.05, 0) is 5.56 Å². The fraction of sp³-hybridized carbons (Fsp3) is 0.400. The van der Waals surface area contributed by atoms with E-state index in [1.807, 2.05) is 30.3 Å². The van der Waals surface area contributed by atoms with Crippen LogP contribution < -0.4 is 0 Å². The van der Waals surface area contributed by atoms with Crippen LogP contribution in [0.5, 0.6) is 0 Å². The highest BCUT2D eigenvalue weighted by atomic mass is 16.6. The molecule has 1 N–H and O–H groups in total. The molecule has 1 aromatic rings. The summed E-state index contributed by atoms with van der Waals surface area (Å²) in [6.07, 6.45) is -1.33. The summed E-state index contributed by atoms with van der Waals surface area (Å²) in [6, 6.07) is 8.01. The Kier molecular flexibility index (Phi) is 5.40. The summed E-state index contributed by atoms with van der Waals surface area (Å²) in [4.78, 5) is 37.3. The Balaban J connectivity index is 1.94. The van der Waals surface area contributed by atoms with Crippen molar-refractivity contribution >= 4 is 18.2 Å². The first kappa shape index (κ1) is 16.6. The van der Waals surface area contributed by atoms with Gasteiger partial charge in [-0.1, -0.05) is 30.3 Å². The first-order valence-corrected chi connectivity index (χ1v) is 7.06. The lowest BCUT2D eigenvalue weighted by atomic mass is 10.2. The number of carbonyl (C=O) groups excluding carboxylic acids is 2. The van der Waals surface area contributed by atoms with Crippen molar-refractivity contribution in [1.82, 2.24) is 9.80 Å². The van der Waals surface area contributed by atoms with Crippen LogP contribution >= 0.6 is 0 Å². The van der Waals surface area contributed by atoms with Crippen LogP contribution in [0.15, 0.2) is 30.3 Å². The van der Waals surface area contributed by atoms with Gasteiger partial charge in [-0.25, -0.2) is 14.4 Å². The van der Waals surface area contributed by atoms with E-state index in [-0.39, 0.29) is 26.2 Å². The number of benzene rings is 1. The smallest absolute Gasteiger partial charge is 0.410 e. The predicted octanol–water partition coefficient (Wildman–Crippen LogP) is 1.16. The van der Waals surface area contributed by atoms with E-state index in [2.05, 4.69) is 4.74 Å². The number of hydrogen-bond acceptors (Lipinski definition) is 5. The largest absolute Gasteiger partial charge is 0.480 e. The van der Waals surface area contributed by atoms with E-state index in [0.717, 1.165) is 10.5 Å². The van der Waals surface area contributed by atoms with Crippen LogP contribution in [0.4, 0.5) is 9.59 Å². The first-order valence-electron chi connectivity index (χ1n) is 7.06. The number of nitrogens with zero attached hydrogens (tertiary/aromatic N) is 2. The lowest BCUT2D eigenvalue weighted by Crippen LogP contribution is -2.59. The highest BCUT2D eigenvalue weighted by Crippen LogP contribution is 2.13. The van der Waals surface area contributed by atoms with E-state index in [9.17, 15) is 19.5 Å². The van der Waals surface area contributed by atoms with Crippen molar-refractivity contribution in [3.8, 4) is 0 Å². The second-order valence-corrected chi connectivity index (χ2v) is 5.00. The number of amides is 2. The molecular formula is C15H18N2O6. The molecule has 0 bridgehead atoms. The van der Waals surface area contributed by atoms with Gasteiger partial charge in [0.2, 0.25) is 0 Å². The summed E-state index contributed by atoms with van der Waals surface area (Å²) >= 11 is 0. The molecule has 124 valence electrons. The van der Waals surface area contributed by atoms with Crippen LogP contribution in [0.25, 0.3) is 0 Å². The minimum atomic E-state index is -1.20. The third-order valence-electron chi connectivity index (χ3n) is 3.54. The molecule has 1 saturated heterocycles. The second kappa shape index (κ2) is 7.48. The molecule has 1 aromatic carbocycles. The first-order chi connectivity index (χ1) is 11.0. The van der Waals surface area contributed by atoms with Gasteiger partial charge in [0, 0.05) is 13.1 Å². The van der Waals surface area contributed by atoms with E-state index in [0.29, 0.717) is 0 Å². The number of carbonyl (C=O) groups is 3. The van der Waals surface area contributed by atoms with E-state index in [1.54, 1.807) is 0 Å². The molecule has 1 unspecified atom stereocenters. The highest BCUT2D eigenvalue weighted by Gasteiger charge is 2.38. The summed E-state index contributed by atoms with van der Waals surface area (Å²) in [5.74, 6) is -1.20. The molecule has 8 heteroatoms. The Morgan fingerprint density at radius 3 is 2.48 bits per heavy atom. The molecule has 0 spiro atoms. The SMILES string of the molecule is COC(=O)N1CCN(C(=O)OCc2ccccc2)CC1C(=O)O.